The standard InChI is InChI=1S/C8H9BF2O/c9-3-4-12-8-2-1-6(10)5-7(8)11/h1-2,5H,3-4,9H2. The predicted molar refractivity (Wildman–Crippen MR) is 45.2 cm³/mol. The molecule has 0 radical (unpaired) electrons. The summed E-state index contributed by atoms with van der Waals surface area (Å²) in [6.45, 7) is 0.447. The molecule has 4 heteroatoms. The molecule has 0 unspecified atom stereocenters. The Balaban J connectivity index is 2.72. The van der Waals surface area contributed by atoms with Crippen LogP contribution in [-0.4, -0.2) is 14.5 Å². The fourth-order valence-corrected chi connectivity index (χ4v) is 0.804. The van der Waals surface area contributed by atoms with Gasteiger partial charge in [0, 0.05) is 6.07 Å². The van der Waals surface area contributed by atoms with Gasteiger partial charge in [-0.2, -0.15) is 0 Å². The van der Waals surface area contributed by atoms with Gasteiger partial charge in [-0.15, -0.1) is 0 Å². The van der Waals surface area contributed by atoms with Crippen molar-refractivity contribution in [3.63, 3.8) is 0 Å². The van der Waals surface area contributed by atoms with Gasteiger partial charge in [-0.25, -0.2) is 8.78 Å². The van der Waals surface area contributed by atoms with Crippen molar-refractivity contribution in [1.29, 1.82) is 0 Å². The minimum atomic E-state index is -0.650. The summed E-state index contributed by atoms with van der Waals surface area (Å²) >= 11 is 0. The summed E-state index contributed by atoms with van der Waals surface area (Å²) in [5.41, 5.74) is 0. The molecule has 0 N–H and O–H groups in total. The summed E-state index contributed by atoms with van der Waals surface area (Å²) in [6.07, 6.45) is 0.802. The van der Waals surface area contributed by atoms with E-state index < -0.39 is 11.6 Å². The van der Waals surface area contributed by atoms with E-state index in [2.05, 4.69) is 0 Å². The fourth-order valence-electron chi connectivity index (χ4n) is 0.804. The van der Waals surface area contributed by atoms with Gasteiger partial charge in [0.25, 0.3) is 0 Å². The van der Waals surface area contributed by atoms with Gasteiger partial charge < -0.3 is 4.74 Å². The Morgan fingerprint density at radius 3 is 2.67 bits per heavy atom. The van der Waals surface area contributed by atoms with Gasteiger partial charge in [-0.1, -0.05) is 0 Å². The highest BCUT2D eigenvalue weighted by Gasteiger charge is 2.03. The number of ether oxygens (including phenoxy) is 1. The number of benzene rings is 1. The summed E-state index contributed by atoms with van der Waals surface area (Å²) in [5, 5.41) is 0. The molecule has 1 aromatic rings. The largest absolute Gasteiger partial charge is 0.491 e. The Labute approximate surface area is 70.8 Å². The molecule has 0 saturated heterocycles. The number of hydrogen-bond donors (Lipinski definition) is 0. The van der Waals surface area contributed by atoms with Crippen molar-refractivity contribution < 1.29 is 13.5 Å². The van der Waals surface area contributed by atoms with Crippen LogP contribution in [0, 0.1) is 11.6 Å². The van der Waals surface area contributed by atoms with E-state index >= 15 is 0 Å². The van der Waals surface area contributed by atoms with Crippen molar-refractivity contribution >= 4 is 7.85 Å². The molecular weight excluding hydrogens is 161 g/mol. The lowest BCUT2D eigenvalue weighted by Gasteiger charge is -2.04. The van der Waals surface area contributed by atoms with Gasteiger partial charge in [0.05, 0.1) is 6.61 Å². The van der Waals surface area contributed by atoms with Crippen LogP contribution in [-0.2, 0) is 0 Å². The molecule has 0 aliphatic carbocycles. The first-order valence-corrected chi connectivity index (χ1v) is 3.82. The number of rotatable bonds is 3. The molecule has 12 heavy (non-hydrogen) atoms. The molecule has 1 nitrogen and oxygen atoms in total. The molecule has 0 aliphatic heterocycles. The minimum absolute atomic E-state index is 0.109. The highest BCUT2D eigenvalue weighted by Crippen LogP contribution is 2.17. The summed E-state index contributed by atoms with van der Waals surface area (Å²) in [4.78, 5) is 0. The first kappa shape index (κ1) is 9.04. The van der Waals surface area contributed by atoms with Gasteiger partial charge in [0.15, 0.2) is 11.6 Å². The lowest BCUT2D eigenvalue weighted by Crippen LogP contribution is -1.98. The fraction of sp³-hybridized carbons (Fsp3) is 0.250. The maximum absolute atomic E-state index is 12.8. The smallest absolute Gasteiger partial charge is 0.167 e. The molecule has 64 valence electrons. The second kappa shape index (κ2) is 4.09. The highest BCUT2D eigenvalue weighted by atomic mass is 19.1. The zero-order valence-corrected chi connectivity index (χ0v) is 6.81. The van der Waals surface area contributed by atoms with Crippen LogP contribution in [0.25, 0.3) is 0 Å². The molecule has 0 atom stereocenters. The molecule has 0 heterocycles. The second-order valence-corrected chi connectivity index (χ2v) is 2.42. The third-order valence-corrected chi connectivity index (χ3v) is 1.36. The SMILES string of the molecule is BCCOc1ccc(F)cc1F. The summed E-state index contributed by atoms with van der Waals surface area (Å²) in [7, 11) is 1.92. The van der Waals surface area contributed by atoms with Crippen LogP contribution in [0.5, 0.6) is 5.75 Å². The van der Waals surface area contributed by atoms with Crippen molar-refractivity contribution in [2.45, 2.75) is 6.32 Å². The molecule has 0 spiro atoms. The van der Waals surface area contributed by atoms with Crippen LogP contribution in [0.2, 0.25) is 6.32 Å². The van der Waals surface area contributed by atoms with E-state index in [9.17, 15) is 8.78 Å². The third-order valence-electron chi connectivity index (χ3n) is 1.36. The van der Waals surface area contributed by atoms with E-state index in [4.69, 9.17) is 4.74 Å². The molecule has 0 amide bonds. The monoisotopic (exact) mass is 170 g/mol. The third kappa shape index (κ3) is 2.22. The van der Waals surface area contributed by atoms with Crippen molar-refractivity contribution in [1.82, 2.24) is 0 Å². The maximum Gasteiger partial charge on any atom is 0.167 e. The highest BCUT2D eigenvalue weighted by molar-refractivity contribution is 6.08. The van der Waals surface area contributed by atoms with Gasteiger partial charge in [-0.05, 0) is 18.5 Å². The summed E-state index contributed by atoms with van der Waals surface area (Å²) < 4.78 is 30.2. The van der Waals surface area contributed by atoms with Crippen LogP contribution in [0.15, 0.2) is 18.2 Å². The van der Waals surface area contributed by atoms with Crippen LogP contribution < -0.4 is 4.74 Å². The molecule has 0 fully saturated rings. The first-order chi connectivity index (χ1) is 5.74. The van der Waals surface area contributed by atoms with Crippen LogP contribution in [0.3, 0.4) is 0 Å². The lowest BCUT2D eigenvalue weighted by atomic mass is 10.1. The van der Waals surface area contributed by atoms with Crippen LogP contribution in [0.1, 0.15) is 0 Å². The Morgan fingerprint density at radius 2 is 2.08 bits per heavy atom. The van der Waals surface area contributed by atoms with E-state index in [-0.39, 0.29) is 5.75 Å². The number of hydrogen-bond acceptors (Lipinski definition) is 1. The molecule has 0 aromatic heterocycles. The van der Waals surface area contributed by atoms with E-state index in [1.54, 1.807) is 0 Å². The van der Waals surface area contributed by atoms with Gasteiger partial charge in [0.1, 0.15) is 13.7 Å². The predicted octanol–water partition coefficient (Wildman–Crippen LogP) is 1.39. The van der Waals surface area contributed by atoms with E-state index in [0.717, 1.165) is 12.4 Å². The normalized spacial score (nSPS) is 9.83. The van der Waals surface area contributed by atoms with E-state index in [1.165, 1.54) is 12.1 Å². The molecule has 0 bridgehead atoms. The van der Waals surface area contributed by atoms with Crippen LogP contribution >= 0.6 is 0 Å². The molecule has 0 aliphatic rings. The van der Waals surface area contributed by atoms with Crippen molar-refractivity contribution in [2.24, 2.45) is 0 Å². The van der Waals surface area contributed by atoms with Gasteiger partial charge in [0.2, 0.25) is 0 Å². The molecule has 1 aromatic carbocycles. The maximum atomic E-state index is 12.8. The minimum Gasteiger partial charge on any atom is -0.491 e. The first-order valence-electron chi connectivity index (χ1n) is 3.82. The number of halogens is 2. The van der Waals surface area contributed by atoms with Crippen LogP contribution in [0.4, 0.5) is 8.78 Å². The lowest BCUT2D eigenvalue weighted by molar-refractivity contribution is 0.320. The van der Waals surface area contributed by atoms with Gasteiger partial charge in [-0.3, -0.25) is 0 Å². The Bertz CT molecular complexity index is 265. The Kier molecular flexibility index (Phi) is 3.08. The van der Waals surface area contributed by atoms with Gasteiger partial charge >= 0.3 is 0 Å². The zero-order chi connectivity index (χ0) is 8.97. The molecule has 1 rings (SSSR count). The average Bonchev–Trinajstić information content (AvgIpc) is 2.03. The van der Waals surface area contributed by atoms with Crippen molar-refractivity contribution in [3.05, 3.63) is 29.8 Å². The summed E-state index contributed by atoms with van der Waals surface area (Å²) in [5.74, 6) is -1.13. The average molecular weight is 170 g/mol. The van der Waals surface area contributed by atoms with Crippen molar-refractivity contribution in [2.75, 3.05) is 6.61 Å². The second-order valence-electron chi connectivity index (χ2n) is 2.42. The molecule has 0 saturated carbocycles. The Morgan fingerprint density at radius 1 is 1.33 bits per heavy atom. The van der Waals surface area contributed by atoms with Crippen molar-refractivity contribution in [3.8, 4) is 5.75 Å². The molecular formula is C8H9BF2O. The quantitative estimate of drug-likeness (QED) is 0.622. The topological polar surface area (TPSA) is 9.23 Å². The zero-order valence-electron chi connectivity index (χ0n) is 6.81. The Hall–Kier alpha value is -1.06. The van der Waals surface area contributed by atoms with E-state index in [1.807, 2.05) is 7.85 Å². The van der Waals surface area contributed by atoms with E-state index in [0.29, 0.717) is 6.61 Å². The summed E-state index contributed by atoms with van der Waals surface area (Å²) in [6, 6.07) is 3.28.